The summed E-state index contributed by atoms with van der Waals surface area (Å²) in [6.07, 6.45) is -0.556. The zero-order chi connectivity index (χ0) is 20.7. The van der Waals surface area contributed by atoms with Crippen LogP contribution in [0.15, 0.2) is 0 Å². The highest BCUT2D eigenvalue weighted by molar-refractivity contribution is 6.05. The fourth-order valence-corrected chi connectivity index (χ4v) is 3.91. The van der Waals surface area contributed by atoms with Gasteiger partial charge in [0.05, 0.1) is 25.2 Å². The molecule has 3 aliphatic rings. The van der Waals surface area contributed by atoms with Crippen LogP contribution >= 0.6 is 0 Å². The standard InChI is InChI=1S/C17H22N6O6/c1-28-11-6-23(7-12(11)29-2)16(26)14-8-4-22(5-10(8)20-21-14)13(24)3-9-15(25)19-17(27)18-9/h9,11-12H,3-7H2,1-2H3,(H,20,21)(H2,18,19,25,27)/t9?,11-,12+. The molecular formula is C17H22N6O6. The Balaban J connectivity index is 1.42. The van der Waals surface area contributed by atoms with Crippen LogP contribution in [0, 0.1) is 0 Å². The number of ether oxygens (including phenoxy) is 2. The Hall–Kier alpha value is -2.99. The maximum atomic E-state index is 13.0. The van der Waals surface area contributed by atoms with E-state index in [0.717, 1.165) is 0 Å². The lowest BCUT2D eigenvalue weighted by molar-refractivity contribution is -0.134. The molecular weight excluding hydrogens is 384 g/mol. The lowest BCUT2D eigenvalue weighted by atomic mass is 10.2. The van der Waals surface area contributed by atoms with Crippen LogP contribution in [0.1, 0.15) is 28.2 Å². The molecule has 1 aromatic rings. The van der Waals surface area contributed by atoms with Gasteiger partial charge in [-0.15, -0.1) is 0 Å². The lowest BCUT2D eigenvalue weighted by Gasteiger charge is -2.18. The Kier molecular flexibility index (Phi) is 4.96. The van der Waals surface area contributed by atoms with E-state index in [1.165, 1.54) is 4.90 Å². The third-order valence-electron chi connectivity index (χ3n) is 5.55. The molecule has 5 amide bonds. The minimum absolute atomic E-state index is 0.143. The highest BCUT2D eigenvalue weighted by Gasteiger charge is 2.40. The summed E-state index contributed by atoms with van der Waals surface area (Å²) in [7, 11) is 3.15. The van der Waals surface area contributed by atoms with Gasteiger partial charge in [0, 0.05) is 32.9 Å². The molecule has 12 heteroatoms. The molecule has 0 aromatic carbocycles. The largest absolute Gasteiger partial charge is 0.377 e. The van der Waals surface area contributed by atoms with Crippen molar-refractivity contribution in [3.8, 4) is 0 Å². The molecule has 1 aromatic heterocycles. The first-order valence-corrected chi connectivity index (χ1v) is 9.21. The van der Waals surface area contributed by atoms with E-state index in [1.807, 2.05) is 0 Å². The maximum absolute atomic E-state index is 13.0. The molecule has 0 radical (unpaired) electrons. The van der Waals surface area contributed by atoms with Gasteiger partial charge in [0.15, 0.2) is 5.69 Å². The number of imide groups is 1. The Bertz CT molecular complexity index is 857. The first kappa shape index (κ1) is 19.3. The summed E-state index contributed by atoms with van der Waals surface area (Å²) in [6, 6.07) is -1.49. The van der Waals surface area contributed by atoms with Gasteiger partial charge in [0.2, 0.25) is 5.91 Å². The predicted molar refractivity (Wildman–Crippen MR) is 95.4 cm³/mol. The van der Waals surface area contributed by atoms with E-state index < -0.39 is 18.0 Å². The molecule has 4 heterocycles. The molecule has 3 aliphatic heterocycles. The molecule has 0 aliphatic carbocycles. The third-order valence-corrected chi connectivity index (χ3v) is 5.55. The number of carbonyl (C=O) groups excluding carboxylic acids is 4. The van der Waals surface area contributed by atoms with E-state index in [4.69, 9.17) is 9.47 Å². The number of nitrogens with zero attached hydrogens (tertiary/aromatic N) is 3. The van der Waals surface area contributed by atoms with Crippen molar-refractivity contribution >= 4 is 23.8 Å². The van der Waals surface area contributed by atoms with Crippen LogP contribution in [0.4, 0.5) is 4.79 Å². The molecule has 156 valence electrons. The van der Waals surface area contributed by atoms with Gasteiger partial charge in [0.1, 0.15) is 18.2 Å². The summed E-state index contributed by atoms with van der Waals surface area (Å²) >= 11 is 0. The number of carbonyl (C=O) groups is 4. The Morgan fingerprint density at radius 3 is 2.38 bits per heavy atom. The third kappa shape index (κ3) is 3.44. The molecule has 12 nitrogen and oxygen atoms in total. The fraction of sp³-hybridized carbons (Fsp3) is 0.588. The Morgan fingerprint density at radius 2 is 1.79 bits per heavy atom. The number of likely N-dealkylation sites (tertiary alicyclic amines) is 1. The number of fused-ring (bicyclic) bond motifs is 1. The summed E-state index contributed by atoms with van der Waals surface area (Å²) in [5.74, 6) is -1.07. The summed E-state index contributed by atoms with van der Waals surface area (Å²) in [4.78, 5) is 51.5. The molecule has 29 heavy (non-hydrogen) atoms. The smallest absolute Gasteiger partial charge is 0.322 e. The number of amides is 5. The second-order valence-electron chi connectivity index (χ2n) is 7.26. The Labute approximate surface area is 165 Å². The van der Waals surface area contributed by atoms with Crippen molar-refractivity contribution in [2.45, 2.75) is 37.8 Å². The van der Waals surface area contributed by atoms with Crippen LogP contribution < -0.4 is 10.6 Å². The second-order valence-corrected chi connectivity index (χ2v) is 7.26. The number of aromatic amines is 1. The number of methoxy groups -OCH3 is 2. The minimum Gasteiger partial charge on any atom is -0.377 e. The van der Waals surface area contributed by atoms with E-state index >= 15 is 0 Å². The quantitative estimate of drug-likeness (QED) is 0.496. The summed E-state index contributed by atoms with van der Waals surface area (Å²) < 4.78 is 10.7. The number of aromatic nitrogens is 2. The van der Waals surface area contributed by atoms with Crippen LogP contribution in [-0.2, 0) is 32.2 Å². The van der Waals surface area contributed by atoms with Crippen LogP contribution in [0.5, 0.6) is 0 Å². The number of H-pyrrole nitrogens is 1. The van der Waals surface area contributed by atoms with Gasteiger partial charge in [-0.3, -0.25) is 24.8 Å². The van der Waals surface area contributed by atoms with Gasteiger partial charge in [-0.2, -0.15) is 5.10 Å². The van der Waals surface area contributed by atoms with Gasteiger partial charge in [-0.25, -0.2) is 4.79 Å². The van der Waals surface area contributed by atoms with Crippen molar-refractivity contribution in [1.82, 2.24) is 30.6 Å². The van der Waals surface area contributed by atoms with Gasteiger partial charge in [-0.1, -0.05) is 0 Å². The highest BCUT2D eigenvalue weighted by atomic mass is 16.5. The van der Waals surface area contributed by atoms with Crippen molar-refractivity contribution in [3.63, 3.8) is 0 Å². The molecule has 2 fully saturated rings. The second kappa shape index (κ2) is 7.44. The number of hydrogen-bond donors (Lipinski definition) is 3. The van der Waals surface area contributed by atoms with Crippen LogP contribution in [0.3, 0.4) is 0 Å². The predicted octanol–water partition coefficient (Wildman–Crippen LogP) is -1.66. The minimum atomic E-state index is -0.880. The topological polar surface area (TPSA) is 146 Å². The van der Waals surface area contributed by atoms with E-state index in [2.05, 4.69) is 20.8 Å². The zero-order valence-electron chi connectivity index (χ0n) is 16.1. The molecule has 3 atom stereocenters. The molecule has 2 saturated heterocycles. The molecule has 0 bridgehead atoms. The number of rotatable bonds is 5. The van der Waals surface area contributed by atoms with Gasteiger partial charge >= 0.3 is 6.03 Å². The van der Waals surface area contributed by atoms with Crippen molar-refractivity contribution in [2.24, 2.45) is 0 Å². The monoisotopic (exact) mass is 406 g/mol. The Morgan fingerprint density at radius 1 is 1.10 bits per heavy atom. The van der Waals surface area contributed by atoms with E-state index in [1.54, 1.807) is 19.1 Å². The lowest BCUT2D eigenvalue weighted by Crippen LogP contribution is -2.37. The van der Waals surface area contributed by atoms with Crippen molar-refractivity contribution in [2.75, 3.05) is 27.3 Å². The van der Waals surface area contributed by atoms with Gasteiger partial charge in [-0.05, 0) is 0 Å². The molecule has 1 unspecified atom stereocenters. The summed E-state index contributed by atoms with van der Waals surface area (Å²) in [5, 5.41) is 11.5. The van der Waals surface area contributed by atoms with Crippen molar-refractivity contribution in [1.29, 1.82) is 0 Å². The van der Waals surface area contributed by atoms with Crippen LogP contribution in [0.25, 0.3) is 0 Å². The molecule has 3 N–H and O–H groups in total. The van der Waals surface area contributed by atoms with Gasteiger partial charge in [0.25, 0.3) is 11.8 Å². The van der Waals surface area contributed by atoms with Crippen LogP contribution in [-0.4, -0.2) is 89.3 Å². The number of hydrogen-bond acceptors (Lipinski definition) is 7. The van der Waals surface area contributed by atoms with E-state index in [0.29, 0.717) is 24.3 Å². The maximum Gasteiger partial charge on any atom is 0.322 e. The number of nitrogens with one attached hydrogen (secondary N) is 3. The first-order valence-electron chi connectivity index (χ1n) is 9.21. The van der Waals surface area contributed by atoms with Crippen molar-refractivity contribution in [3.05, 3.63) is 17.0 Å². The van der Waals surface area contributed by atoms with Crippen LogP contribution in [0.2, 0.25) is 0 Å². The van der Waals surface area contributed by atoms with Gasteiger partial charge < -0.3 is 24.6 Å². The molecule has 4 rings (SSSR count). The fourth-order valence-electron chi connectivity index (χ4n) is 3.91. The summed E-state index contributed by atoms with van der Waals surface area (Å²) in [6.45, 7) is 1.27. The highest BCUT2D eigenvalue weighted by Crippen LogP contribution is 2.27. The summed E-state index contributed by atoms with van der Waals surface area (Å²) in [5.41, 5.74) is 1.62. The average molecular weight is 406 g/mol. The normalized spacial score (nSPS) is 25.9. The SMILES string of the molecule is CO[C@H]1CN(C(=O)c2n[nH]c3c2CN(C(=O)CC2NC(=O)NC2=O)C3)C[C@H]1OC. The molecule has 0 saturated carbocycles. The first-order chi connectivity index (χ1) is 13.9. The average Bonchev–Trinajstić information content (AvgIpc) is 3.43. The molecule has 0 spiro atoms. The van der Waals surface area contributed by atoms with E-state index in [-0.39, 0.29) is 49.2 Å². The van der Waals surface area contributed by atoms with Crippen molar-refractivity contribution < 1.29 is 28.7 Å². The van der Waals surface area contributed by atoms with E-state index in [9.17, 15) is 19.2 Å². The number of urea groups is 1. The zero-order valence-corrected chi connectivity index (χ0v) is 16.1.